The summed E-state index contributed by atoms with van der Waals surface area (Å²) in [7, 11) is 0. The molecule has 0 fully saturated rings. The van der Waals surface area contributed by atoms with Gasteiger partial charge in [0.05, 0.1) is 16.8 Å². The van der Waals surface area contributed by atoms with Crippen molar-refractivity contribution in [1.29, 1.82) is 0 Å². The summed E-state index contributed by atoms with van der Waals surface area (Å²) in [4.78, 5) is 28.5. The zero-order valence-corrected chi connectivity index (χ0v) is 18.9. The van der Waals surface area contributed by atoms with Crippen molar-refractivity contribution < 1.29 is 14.7 Å². The molecule has 1 aromatic heterocycles. The number of nitrogens with zero attached hydrogens (tertiary/aromatic N) is 1. The van der Waals surface area contributed by atoms with Crippen LogP contribution in [0.15, 0.2) is 79.0 Å². The number of pyridine rings is 1. The molecule has 0 saturated carbocycles. The molecule has 0 aliphatic carbocycles. The number of aromatic carboxylic acids is 1. The molecule has 2 N–H and O–H groups in total. The molecular formula is C23H15ClN2NaO3. The van der Waals surface area contributed by atoms with Crippen LogP contribution in [0.5, 0.6) is 0 Å². The fraction of sp³-hybridized carbons (Fsp3) is 0. The van der Waals surface area contributed by atoms with E-state index in [9.17, 15) is 14.7 Å². The molecule has 0 spiro atoms. The number of halogens is 1. The van der Waals surface area contributed by atoms with Gasteiger partial charge in [0.1, 0.15) is 0 Å². The van der Waals surface area contributed by atoms with Crippen molar-refractivity contribution in [3.8, 4) is 11.1 Å². The molecule has 0 unspecified atom stereocenters. The van der Waals surface area contributed by atoms with E-state index in [1.54, 1.807) is 24.4 Å². The molecule has 143 valence electrons. The Kier molecular flexibility index (Phi) is 6.90. The number of rotatable bonds is 4. The van der Waals surface area contributed by atoms with E-state index in [-0.39, 0.29) is 45.8 Å². The van der Waals surface area contributed by atoms with Gasteiger partial charge in [-0.3, -0.25) is 9.78 Å². The largest absolute Gasteiger partial charge is 0.478 e. The Morgan fingerprint density at radius 1 is 0.900 bits per heavy atom. The first kappa shape index (κ1) is 22.0. The molecule has 1 heterocycles. The van der Waals surface area contributed by atoms with Gasteiger partial charge in [-0.05, 0) is 59.7 Å². The van der Waals surface area contributed by atoms with Gasteiger partial charge in [0.2, 0.25) is 0 Å². The van der Waals surface area contributed by atoms with E-state index in [0.717, 1.165) is 22.0 Å². The van der Waals surface area contributed by atoms with Crippen LogP contribution < -0.4 is 5.32 Å². The van der Waals surface area contributed by atoms with Crippen molar-refractivity contribution in [3.63, 3.8) is 0 Å². The Hall–Kier alpha value is -2.70. The van der Waals surface area contributed by atoms with Crippen LogP contribution in [-0.4, -0.2) is 51.5 Å². The van der Waals surface area contributed by atoms with Crippen LogP contribution in [0.4, 0.5) is 5.69 Å². The number of nitrogens with one attached hydrogen (secondary N) is 1. The van der Waals surface area contributed by atoms with Gasteiger partial charge in [0.25, 0.3) is 5.91 Å². The molecule has 0 atom stereocenters. The first-order chi connectivity index (χ1) is 14.0. The van der Waals surface area contributed by atoms with Crippen molar-refractivity contribution in [1.82, 2.24) is 4.98 Å². The van der Waals surface area contributed by atoms with Crippen LogP contribution >= 0.6 is 11.6 Å². The minimum Gasteiger partial charge on any atom is -0.478 e. The third-order valence-corrected chi connectivity index (χ3v) is 4.76. The Bertz CT molecular complexity index is 1260. The van der Waals surface area contributed by atoms with E-state index in [2.05, 4.69) is 10.3 Å². The summed E-state index contributed by atoms with van der Waals surface area (Å²) >= 11 is 5.86. The molecule has 1 radical (unpaired) electrons. The van der Waals surface area contributed by atoms with Gasteiger partial charge in [-0.15, -0.1) is 0 Å². The molecule has 3 aromatic carbocycles. The molecule has 0 bridgehead atoms. The van der Waals surface area contributed by atoms with Gasteiger partial charge in [-0.25, -0.2) is 4.79 Å². The number of carbonyl (C=O) groups excluding carboxylic acids is 1. The van der Waals surface area contributed by atoms with Crippen molar-refractivity contribution in [3.05, 3.63) is 95.1 Å². The molecule has 7 heteroatoms. The molecular weight excluding hydrogens is 411 g/mol. The van der Waals surface area contributed by atoms with Crippen LogP contribution in [0.1, 0.15) is 20.7 Å². The van der Waals surface area contributed by atoms with Crippen molar-refractivity contribution in [2.24, 2.45) is 0 Å². The Morgan fingerprint density at radius 3 is 2.50 bits per heavy atom. The van der Waals surface area contributed by atoms with Crippen molar-refractivity contribution in [2.45, 2.75) is 0 Å². The molecule has 4 aromatic rings. The second kappa shape index (κ2) is 9.41. The van der Waals surface area contributed by atoms with Crippen LogP contribution in [0.25, 0.3) is 22.0 Å². The summed E-state index contributed by atoms with van der Waals surface area (Å²) < 4.78 is 0. The number of fused-ring (bicyclic) bond motifs is 1. The molecule has 5 nitrogen and oxygen atoms in total. The van der Waals surface area contributed by atoms with E-state index in [1.807, 2.05) is 36.4 Å². The number of benzene rings is 3. The minimum absolute atomic E-state index is 0. The normalized spacial score (nSPS) is 10.3. The van der Waals surface area contributed by atoms with Gasteiger partial charge < -0.3 is 10.4 Å². The average Bonchev–Trinajstić information content (AvgIpc) is 2.74. The summed E-state index contributed by atoms with van der Waals surface area (Å²) in [6.45, 7) is 0. The Balaban J connectivity index is 0.00000256. The maximum Gasteiger partial charge on any atom is 0.337 e. The van der Waals surface area contributed by atoms with Gasteiger partial charge in [0.15, 0.2) is 0 Å². The van der Waals surface area contributed by atoms with E-state index < -0.39 is 11.9 Å². The molecule has 0 aliphatic heterocycles. The van der Waals surface area contributed by atoms with Crippen molar-refractivity contribution >= 4 is 69.6 Å². The van der Waals surface area contributed by atoms with Crippen LogP contribution in [-0.2, 0) is 0 Å². The third-order valence-electron chi connectivity index (χ3n) is 4.52. The number of carboxylic acid groups (broad SMARTS) is 1. The summed E-state index contributed by atoms with van der Waals surface area (Å²) in [6.07, 6.45) is 1.75. The SMILES string of the molecule is O=C(Nc1ccc(Cl)cc1C(=O)O)c1cccc(-c2ccc3ncccc3c2)c1.[Na]. The third kappa shape index (κ3) is 4.71. The smallest absolute Gasteiger partial charge is 0.337 e. The van der Waals surface area contributed by atoms with Gasteiger partial charge >= 0.3 is 5.97 Å². The molecule has 0 aliphatic rings. The van der Waals surface area contributed by atoms with Gasteiger partial charge in [-0.1, -0.05) is 35.9 Å². The number of anilines is 1. The molecule has 4 rings (SSSR count). The molecule has 1 amide bonds. The molecule has 0 saturated heterocycles. The van der Waals surface area contributed by atoms with E-state index in [4.69, 9.17) is 11.6 Å². The average molecular weight is 426 g/mol. The number of hydrogen-bond donors (Lipinski definition) is 2. The number of aromatic nitrogens is 1. The first-order valence-electron chi connectivity index (χ1n) is 8.81. The standard InChI is InChI=1S/C23H15ClN2O3.Na/c24-18-7-9-21(19(13-18)23(28)29)26-22(27)17-4-1-3-14(12-17)15-6-8-20-16(11-15)5-2-10-25-20;/h1-13H,(H,26,27)(H,28,29);. The predicted octanol–water partition coefficient (Wildman–Crippen LogP) is 5.12. The Labute approximate surface area is 200 Å². The number of amides is 1. The molecule has 30 heavy (non-hydrogen) atoms. The van der Waals surface area contributed by atoms with E-state index >= 15 is 0 Å². The van der Waals surface area contributed by atoms with Crippen LogP contribution in [0, 0.1) is 0 Å². The topological polar surface area (TPSA) is 79.3 Å². The fourth-order valence-electron chi connectivity index (χ4n) is 3.09. The zero-order valence-electron chi connectivity index (χ0n) is 16.1. The first-order valence-corrected chi connectivity index (χ1v) is 9.18. The van der Waals surface area contributed by atoms with Crippen LogP contribution in [0.3, 0.4) is 0 Å². The van der Waals surface area contributed by atoms with Gasteiger partial charge in [-0.2, -0.15) is 0 Å². The number of carbonyl (C=O) groups is 2. The maximum atomic E-state index is 12.7. The summed E-state index contributed by atoms with van der Waals surface area (Å²) in [6, 6.07) is 21.2. The second-order valence-corrected chi connectivity index (χ2v) is 6.88. The summed E-state index contributed by atoms with van der Waals surface area (Å²) in [5, 5.41) is 13.3. The predicted molar refractivity (Wildman–Crippen MR) is 119 cm³/mol. The zero-order chi connectivity index (χ0) is 20.4. The van der Waals surface area contributed by atoms with Gasteiger partial charge in [0, 0.05) is 51.7 Å². The van der Waals surface area contributed by atoms with Crippen LogP contribution in [0.2, 0.25) is 5.02 Å². The monoisotopic (exact) mass is 425 g/mol. The number of hydrogen-bond acceptors (Lipinski definition) is 3. The van der Waals surface area contributed by atoms with E-state index in [0.29, 0.717) is 5.56 Å². The summed E-state index contributed by atoms with van der Waals surface area (Å²) in [5.74, 6) is -1.57. The Morgan fingerprint density at radius 2 is 1.70 bits per heavy atom. The second-order valence-electron chi connectivity index (χ2n) is 6.44. The van der Waals surface area contributed by atoms with Crippen molar-refractivity contribution in [2.75, 3.05) is 5.32 Å². The van der Waals surface area contributed by atoms with E-state index in [1.165, 1.54) is 18.2 Å². The fourth-order valence-corrected chi connectivity index (χ4v) is 3.26. The maximum absolute atomic E-state index is 12.7. The minimum atomic E-state index is -1.17. The number of carboxylic acids is 1. The summed E-state index contributed by atoms with van der Waals surface area (Å²) in [5.41, 5.74) is 3.27. The quantitative estimate of drug-likeness (QED) is 0.444.